The lowest BCUT2D eigenvalue weighted by molar-refractivity contribution is -0.156. The first-order chi connectivity index (χ1) is 23.5. The molecule has 0 spiro atoms. The SMILES string of the molecule is CC(C)(C)OC(=O)CN1CCN(C(=O)CCCCc2cc(Cl)c(COC3(c4cnccc4-c4ccccc4OC4CC4)CC3)cc2Cl)CC1. The smallest absolute Gasteiger partial charge is 0.320 e. The number of hydrogen-bond acceptors (Lipinski definition) is 7. The second kappa shape index (κ2) is 15.4. The maximum Gasteiger partial charge on any atom is 0.320 e. The van der Waals surface area contributed by atoms with Crippen LogP contribution in [-0.2, 0) is 37.7 Å². The lowest BCUT2D eigenvalue weighted by Crippen LogP contribution is -2.50. The first kappa shape index (κ1) is 35.6. The fourth-order valence-electron chi connectivity index (χ4n) is 6.36. The van der Waals surface area contributed by atoms with Crippen molar-refractivity contribution in [2.75, 3.05) is 32.7 Å². The molecule has 10 heteroatoms. The van der Waals surface area contributed by atoms with Crippen LogP contribution >= 0.6 is 23.2 Å². The molecule has 0 atom stereocenters. The minimum atomic E-state index is -0.495. The summed E-state index contributed by atoms with van der Waals surface area (Å²) >= 11 is 13.5. The second-order valence-electron chi connectivity index (χ2n) is 14.5. The maximum absolute atomic E-state index is 12.9. The predicted octanol–water partition coefficient (Wildman–Crippen LogP) is 8.00. The van der Waals surface area contributed by atoms with E-state index in [1.54, 1.807) is 0 Å². The normalized spacial score (nSPS) is 17.5. The van der Waals surface area contributed by atoms with E-state index in [4.69, 9.17) is 37.4 Å². The van der Waals surface area contributed by atoms with Gasteiger partial charge in [-0.25, -0.2) is 0 Å². The molecule has 0 radical (unpaired) electrons. The van der Waals surface area contributed by atoms with Gasteiger partial charge in [0.25, 0.3) is 0 Å². The number of nitrogens with zero attached hydrogens (tertiary/aromatic N) is 3. The number of piperazine rings is 1. The Kier molecular flexibility index (Phi) is 11.2. The van der Waals surface area contributed by atoms with Crippen molar-refractivity contribution in [3.05, 3.63) is 81.6 Å². The molecule has 0 bridgehead atoms. The Morgan fingerprint density at radius 3 is 2.37 bits per heavy atom. The van der Waals surface area contributed by atoms with Crippen LogP contribution in [0, 0.1) is 0 Å². The van der Waals surface area contributed by atoms with Gasteiger partial charge in [0.2, 0.25) is 5.91 Å². The van der Waals surface area contributed by atoms with Crippen LogP contribution in [0.5, 0.6) is 5.75 Å². The van der Waals surface area contributed by atoms with Crippen molar-refractivity contribution < 1.29 is 23.8 Å². The number of pyridine rings is 1. The van der Waals surface area contributed by atoms with E-state index in [0.717, 1.165) is 78.5 Å². The molecular weight excluding hydrogens is 661 g/mol. The van der Waals surface area contributed by atoms with Crippen LogP contribution in [0.1, 0.15) is 82.4 Å². The molecule has 2 saturated carbocycles. The van der Waals surface area contributed by atoms with Gasteiger partial charge in [0.1, 0.15) is 11.4 Å². The third kappa shape index (κ3) is 9.54. The summed E-state index contributed by atoms with van der Waals surface area (Å²) in [5.41, 5.74) is 4.12. The van der Waals surface area contributed by atoms with E-state index >= 15 is 0 Å². The van der Waals surface area contributed by atoms with Gasteiger partial charge in [-0.15, -0.1) is 0 Å². The van der Waals surface area contributed by atoms with Crippen LogP contribution in [-0.4, -0.2) is 71.1 Å². The third-order valence-electron chi connectivity index (χ3n) is 9.32. The minimum Gasteiger partial charge on any atom is -0.490 e. The number of carbonyl (C=O) groups excluding carboxylic acids is 2. The van der Waals surface area contributed by atoms with Crippen LogP contribution in [0.2, 0.25) is 10.0 Å². The number of ether oxygens (including phenoxy) is 3. The highest BCUT2D eigenvalue weighted by molar-refractivity contribution is 6.34. The highest BCUT2D eigenvalue weighted by Crippen LogP contribution is 2.53. The fourth-order valence-corrected chi connectivity index (χ4v) is 6.89. The molecule has 6 rings (SSSR count). The van der Waals surface area contributed by atoms with Gasteiger partial charge >= 0.3 is 5.97 Å². The number of esters is 1. The van der Waals surface area contributed by atoms with Crippen molar-refractivity contribution in [1.29, 1.82) is 0 Å². The molecule has 3 aromatic rings. The summed E-state index contributed by atoms with van der Waals surface area (Å²) in [5, 5.41) is 1.29. The quantitative estimate of drug-likeness (QED) is 0.124. The Morgan fingerprint density at radius 2 is 1.65 bits per heavy atom. The highest BCUT2D eigenvalue weighted by Gasteiger charge is 2.48. The van der Waals surface area contributed by atoms with Crippen molar-refractivity contribution >= 4 is 35.1 Å². The number of benzene rings is 2. The molecule has 1 saturated heterocycles. The molecule has 0 unspecified atom stereocenters. The molecule has 49 heavy (non-hydrogen) atoms. The molecule has 2 heterocycles. The molecule has 1 aliphatic heterocycles. The van der Waals surface area contributed by atoms with Crippen LogP contribution in [0.4, 0.5) is 0 Å². The standard InChI is InChI=1S/C39H47Cl2N3O5/c1-38(2,3)49-37(46)25-43-18-20-44(21-19-43)36(45)11-7-4-8-27-22-34(41)28(23-33(27)40)26-47-39(15-16-39)32-24-42-17-14-30(32)31-9-5-6-10-35(31)48-29-12-13-29/h5-6,9-10,14,17,22-24,29H,4,7-8,11-13,15-16,18-21,25-26H2,1-3H3. The molecular formula is C39H47Cl2N3O5. The van der Waals surface area contributed by atoms with Gasteiger partial charge in [-0.2, -0.15) is 0 Å². The van der Waals surface area contributed by atoms with Crippen LogP contribution < -0.4 is 4.74 Å². The highest BCUT2D eigenvalue weighted by atomic mass is 35.5. The van der Waals surface area contributed by atoms with Crippen molar-refractivity contribution in [3.8, 4) is 16.9 Å². The Labute approximate surface area is 300 Å². The minimum absolute atomic E-state index is 0.151. The van der Waals surface area contributed by atoms with Gasteiger partial charge in [-0.1, -0.05) is 41.4 Å². The van der Waals surface area contributed by atoms with E-state index in [1.165, 1.54) is 0 Å². The number of hydrogen-bond donors (Lipinski definition) is 0. The summed E-state index contributed by atoms with van der Waals surface area (Å²) in [6.07, 6.45) is 10.9. The molecule has 1 amide bonds. The lowest BCUT2D eigenvalue weighted by Gasteiger charge is -2.34. The van der Waals surface area contributed by atoms with Crippen LogP contribution in [0.15, 0.2) is 54.9 Å². The number of halogens is 2. The van der Waals surface area contributed by atoms with Gasteiger partial charge in [0, 0.05) is 66.2 Å². The number of para-hydroxylation sites is 1. The van der Waals surface area contributed by atoms with E-state index in [9.17, 15) is 9.59 Å². The summed E-state index contributed by atoms with van der Waals surface area (Å²) < 4.78 is 18.3. The summed E-state index contributed by atoms with van der Waals surface area (Å²) in [7, 11) is 0. The average molecular weight is 709 g/mol. The van der Waals surface area contributed by atoms with Crippen molar-refractivity contribution in [2.45, 2.75) is 96.1 Å². The predicted molar refractivity (Wildman–Crippen MR) is 192 cm³/mol. The molecule has 2 aromatic carbocycles. The molecule has 3 aliphatic rings. The monoisotopic (exact) mass is 707 g/mol. The Hall–Kier alpha value is -3.17. The number of rotatable bonds is 14. The zero-order valence-electron chi connectivity index (χ0n) is 28.8. The third-order valence-corrected chi connectivity index (χ3v) is 10.0. The lowest BCUT2D eigenvalue weighted by atomic mass is 9.96. The van der Waals surface area contributed by atoms with Crippen molar-refractivity contribution in [2.24, 2.45) is 0 Å². The summed E-state index contributed by atoms with van der Waals surface area (Å²) in [5.74, 6) is 0.824. The first-order valence-electron chi connectivity index (χ1n) is 17.5. The molecule has 262 valence electrons. The number of aromatic nitrogens is 1. The van der Waals surface area contributed by atoms with Gasteiger partial charge in [0.15, 0.2) is 0 Å². The van der Waals surface area contributed by atoms with E-state index in [0.29, 0.717) is 55.4 Å². The zero-order chi connectivity index (χ0) is 34.6. The van der Waals surface area contributed by atoms with E-state index < -0.39 is 11.2 Å². The Bertz CT molecular complexity index is 1640. The molecule has 1 aromatic heterocycles. The number of unbranched alkanes of at least 4 members (excludes halogenated alkanes) is 1. The summed E-state index contributed by atoms with van der Waals surface area (Å²) in [6.45, 7) is 8.78. The van der Waals surface area contributed by atoms with Crippen LogP contribution in [0.25, 0.3) is 11.1 Å². The van der Waals surface area contributed by atoms with Crippen LogP contribution in [0.3, 0.4) is 0 Å². The molecule has 0 N–H and O–H groups in total. The van der Waals surface area contributed by atoms with Gasteiger partial charge in [-0.05, 0) is 107 Å². The number of amides is 1. The van der Waals surface area contributed by atoms with Gasteiger partial charge in [0.05, 0.1) is 24.9 Å². The van der Waals surface area contributed by atoms with E-state index in [2.05, 4.69) is 17.1 Å². The number of carbonyl (C=O) groups is 2. The maximum atomic E-state index is 12.9. The largest absolute Gasteiger partial charge is 0.490 e. The van der Waals surface area contributed by atoms with Crippen molar-refractivity contribution in [3.63, 3.8) is 0 Å². The molecule has 2 aliphatic carbocycles. The Morgan fingerprint density at radius 1 is 0.939 bits per heavy atom. The van der Waals surface area contributed by atoms with Gasteiger partial charge < -0.3 is 19.1 Å². The zero-order valence-corrected chi connectivity index (χ0v) is 30.3. The summed E-state index contributed by atoms with van der Waals surface area (Å²) in [6, 6.07) is 14.1. The van der Waals surface area contributed by atoms with E-state index in [-0.39, 0.29) is 18.4 Å². The average Bonchev–Trinajstić information content (AvgIpc) is 4.01. The molecule has 3 fully saturated rings. The second-order valence-corrected chi connectivity index (χ2v) is 15.3. The molecule has 8 nitrogen and oxygen atoms in total. The summed E-state index contributed by atoms with van der Waals surface area (Å²) in [4.78, 5) is 33.4. The number of aryl methyl sites for hydroxylation is 1. The topological polar surface area (TPSA) is 81.2 Å². The fraction of sp³-hybridized carbons (Fsp3) is 0.513. The van der Waals surface area contributed by atoms with Gasteiger partial charge in [-0.3, -0.25) is 19.5 Å². The first-order valence-corrected chi connectivity index (χ1v) is 18.3. The van der Waals surface area contributed by atoms with Crippen molar-refractivity contribution in [1.82, 2.24) is 14.8 Å². The Balaban J connectivity index is 0.980. The van der Waals surface area contributed by atoms with E-state index in [1.807, 2.05) is 73.3 Å².